The average Bonchev–Trinajstić information content (AvgIpc) is 3.22. The summed E-state index contributed by atoms with van der Waals surface area (Å²) in [5.74, 6) is 1.78. The lowest BCUT2D eigenvalue weighted by molar-refractivity contribution is -0.0149. The third-order valence-corrected chi connectivity index (χ3v) is 8.12. The van der Waals surface area contributed by atoms with Gasteiger partial charge in [0, 0.05) is 61.5 Å². The number of nitrogens with one attached hydrogen (secondary N) is 1. The van der Waals surface area contributed by atoms with E-state index in [9.17, 15) is 0 Å². The quantitative estimate of drug-likeness (QED) is 0.325. The minimum Gasteiger partial charge on any atom is -0.380 e. The Kier molecular flexibility index (Phi) is 10.1. The molecule has 0 bridgehead atoms. The fourth-order valence-electron chi connectivity index (χ4n) is 5.22. The van der Waals surface area contributed by atoms with Crippen LogP contribution in [-0.2, 0) is 11.2 Å². The Morgan fingerprint density at radius 2 is 1.78 bits per heavy atom. The number of nitrogens with zero attached hydrogens (tertiary/aromatic N) is 3. The van der Waals surface area contributed by atoms with E-state index < -0.39 is 0 Å². The molecule has 2 heterocycles. The summed E-state index contributed by atoms with van der Waals surface area (Å²) in [5, 5.41) is 0. The SMILES string of the molecule is CCCCc1nc(-c2cccc(N3CCN(CC(C)(C)COCC(C)(C)C(C)CC)CC3)c2)c(C)[nH]1. The molecule has 1 atom stereocenters. The zero-order valence-electron chi connectivity index (χ0n) is 24.4. The number of benzene rings is 1. The molecule has 1 aliphatic heterocycles. The fraction of sp³-hybridized carbons (Fsp3) is 0.710. The Balaban J connectivity index is 1.52. The molecule has 0 amide bonds. The standard InChI is InChI=1S/C31H52N4O/c1-9-11-15-28-32-25(4)29(33-28)26-13-12-14-27(20-26)35-18-16-34(17-19-35)21-30(5,6)22-36-23-31(7,8)24(3)10-2/h12-14,20,24H,9-11,15-19,21-23H2,1-8H3,(H,32,33). The highest BCUT2D eigenvalue weighted by atomic mass is 16.5. The van der Waals surface area contributed by atoms with Gasteiger partial charge in [-0.2, -0.15) is 0 Å². The molecular formula is C31H52N4O. The normalized spacial score (nSPS) is 16.5. The number of ether oxygens (including phenoxy) is 1. The number of hydrogen-bond donors (Lipinski definition) is 1. The molecule has 1 saturated heterocycles. The molecule has 1 N–H and O–H groups in total. The van der Waals surface area contributed by atoms with Gasteiger partial charge >= 0.3 is 0 Å². The minimum absolute atomic E-state index is 0.153. The number of aromatic amines is 1. The van der Waals surface area contributed by atoms with Gasteiger partial charge in [-0.3, -0.25) is 4.90 Å². The molecule has 2 aromatic rings. The van der Waals surface area contributed by atoms with Crippen molar-refractivity contribution in [2.75, 3.05) is 50.8 Å². The van der Waals surface area contributed by atoms with Crippen molar-refractivity contribution in [1.29, 1.82) is 0 Å². The summed E-state index contributed by atoms with van der Waals surface area (Å²) in [6.45, 7) is 25.4. The van der Waals surface area contributed by atoms with Crippen molar-refractivity contribution in [1.82, 2.24) is 14.9 Å². The van der Waals surface area contributed by atoms with Crippen LogP contribution in [0.25, 0.3) is 11.3 Å². The third kappa shape index (κ3) is 7.82. The van der Waals surface area contributed by atoms with Crippen molar-refractivity contribution in [2.45, 2.75) is 81.1 Å². The van der Waals surface area contributed by atoms with Crippen LogP contribution in [0.2, 0.25) is 0 Å². The van der Waals surface area contributed by atoms with Crippen LogP contribution in [0.5, 0.6) is 0 Å². The Morgan fingerprint density at radius 1 is 1.06 bits per heavy atom. The summed E-state index contributed by atoms with van der Waals surface area (Å²) < 4.78 is 6.26. The highest BCUT2D eigenvalue weighted by Crippen LogP contribution is 2.31. The molecule has 36 heavy (non-hydrogen) atoms. The first kappa shape index (κ1) is 28.7. The second kappa shape index (κ2) is 12.6. The number of piperazine rings is 1. The van der Waals surface area contributed by atoms with Gasteiger partial charge in [0.2, 0.25) is 0 Å². The highest BCUT2D eigenvalue weighted by molar-refractivity contribution is 5.67. The van der Waals surface area contributed by atoms with E-state index in [1.54, 1.807) is 0 Å². The van der Waals surface area contributed by atoms with Crippen molar-refractivity contribution in [2.24, 2.45) is 16.7 Å². The van der Waals surface area contributed by atoms with Crippen LogP contribution in [0.4, 0.5) is 5.69 Å². The monoisotopic (exact) mass is 496 g/mol. The zero-order valence-corrected chi connectivity index (χ0v) is 24.4. The van der Waals surface area contributed by atoms with Crippen molar-refractivity contribution >= 4 is 5.69 Å². The number of H-pyrrole nitrogens is 1. The summed E-state index contributed by atoms with van der Waals surface area (Å²) in [4.78, 5) is 13.5. The molecule has 5 heteroatoms. The maximum atomic E-state index is 6.26. The second-order valence-corrected chi connectivity index (χ2v) is 12.5. The number of aryl methyl sites for hydroxylation is 2. The maximum Gasteiger partial charge on any atom is 0.106 e. The van der Waals surface area contributed by atoms with E-state index in [0.717, 1.165) is 63.9 Å². The lowest BCUT2D eigenvalue weighted by atomic mass is 9.79. The molecule has 1 unspecified atom stereocenters. The van der Waals surface area contributed by atoms with Crippen molar-refractivity contribution in [3.05, 3.63) is 35.8 Å². The Hall–Kier alpha value is -1.85. The smallest absolute Gasteiger partial charge is 0.106 e. The minimum atomic E-state index is 0.153. The summed E-state index contributed by atoms with van der Waals surface area (Å²) in [5.41, 5.74) is 5.17. The van der Waals surface area contributed by atoms with Crippen LogP contribution in [-0.4, -0.2) is 60.8 Å². The average molecular weight is 497 g/mol. The molecule has 1 aromatic heterocycles. The van der Waals surface area contributed by atoms with Gasteiger partial charge < -0.3 is 14.6 Å². The van der Waals surface area contributed by atoms with E-state index >= 15 is 0 Å². The van der Waals surface area contributed by atoms with Gasteiger partial charge in [0.25, 0.3) is 0 Å². The van der Waals surface area contributed by atoms with Gasteiger partial charge in [-0.1, -0.05) is 73.4 Å². The van der Waals surface area contributed by atoms with Crippen LogP contribution in [0.3, 0.4) is 0 Å². The van der Waals surface area contributed by atoms with E-state index in [1.807, 2.05) is 0 Å². The van der Waals surface area contributed by atoms with Gasteiger partial charge in [0.15, 0.2) is 0 Å². The van der Waals surface area contributed by atoms with E-state index in [1.165, 1.54) is 36.2 Å². The van der Waals surface area contributed by atoms with Gasteiger partial charge in [-0.15, -0.1) is 0 Å². The summed E-state index contributed by atoms with van der Waals surface area (Å²) in [7, 11) is 0. The van der Waals surface area contributed by atoms with Crippen LogP contribution >= 0.6 is 0 Å². The largest absolute Gasteiger partial charge is 0.380 e. The van der Waals surface area contributed by atoms with E-state index in [4.69, 9.17) is 9.72 Å². The van der Waals surface area contributed by atoms with Crippen LogP contribution < -0.4 is 4.90 Å². The lowest BCUT2D eigenvalue weighted by Gasteiger charge is -2.40. The third-order valence-electron chi connectivity index (χ3n) is 8.12. The van der Waals surface area contributed by atoms with Crippen LogP contribution in [0.15, 0.2) is 24.3 Å². The van der Waals surface area contributed by atoms with Gasteiger partial charge in [0.1, 0.15) is 5.82 Å². The number of imidazole rings is 1. The van der Waals surface area contributed by atoms with E-state index in [-0.39, 0.29) is 10.8 Å². The predicted octanol–water partition coefficient (Wildman–Crippen LogP) is 6.96. The number of aromatic nitrogens is 2. The maximum absolute atomic E-state index is 6.26. The lowest BCUT2D eigenvalue weighted by Crippen LogP contribution is -2.49. The molecular weight excluding hydrogens is 444 g/mol. The number of anilines is 1. The molecule has 0 spiro atoms. The highest BCUT2D eigenvalue weighted by Gasteiger charge is 2.29. The molecule has 1 aromatic carbocycles. The molecule has 0 radical (unpaired) electrons. The van der Waals surface area contributed by atoms with Gasteiger partial charge in [0.05, 0.1) is 18.9 Å². The molecule has 0 saturated carbocycles. The van der Waals surface area contributed by atoms with Gasteiger partial charge in [-0.05, 0) is 36.8 Å². The van der Waals surface area contributed by atoms with E-state index in [2.05, 4.69) is 94.4 Å². The number of hydrogen-bond acceptors (Lipinski definition) is 4. The molecule has 0 aliphatic carbocycles. The first-order chi connectivity index (χ1) is 17.0. The Labute approximate surface area is 221 Å². The van der Waals surface area contributed by atoms with Crippen LogP contribution in [0.1, 0.15) is 79.2 Å². The second-order valence-electron chi connectivity index (χ2n) is 12.5. The van der Waals surface area contributed by atoms with Crippen LogP contribution in [0, 0.1) is 23.7 Å². The van der Waals surface area contributed by atoms with Crippen molar-refractivity contribution in [3.63, 3.8) is 0 Å². The molecule has 5 nitrogen and oxygen atoms in total. The number of rotatable bonds is 13. The first-order valence-electron chi connectivity index (χ1n) is 14.3. The van der Waals surface area contributed by atoms with E-state index in [0.29, 0.717) is 5.92 Å². The molecule has 1 aliphatic rings. The first-order valence-corrected chi connectivity index (χ1v) is 14.3. The predicted molar refractivity (Wildman–Crippen MR) is 154 cm³/mol. The van der Waals surface area contributed by atoms with Crippen molar-refractivity contribution in [3.8, 4) is 11.3 Å². The van der Waals surface area contributed by atoms with Crippen molar-refractivity contribution < 1.29 is 4.74 Å². The molecule has 202 valence electrons. The zero-order chi connectivity index (χ0) is 26.3. The Morgan fingerprint density at radius 3 is 2.44 bits per heavy atom. The topological polar surface area (TPSA) is 44.4 Å². The summed E-state index contributed by atoms with van der Waals surface area (Å²) >= 11 is 0. The summed E-state index contributed by atoms with van der Waals surface area (Å²) in [6.07, 6.45) is 4.59. The summed E-state index contributed by atoms with van der Waals surface area (Å²) in [6, 6.07) is 8.94. The number of unbranched alkanes of at least 4 members (excludes halogenated alkanes) is 1. The Bertz CT molecular complexity index is 940. The fourth-order valence-corrected chi connectivity index (χ4v) is 5.22. The molecule has 3 rings (SSSR count). The molecule has 1 fully saturated rings. The van der Waals surface area contributed by atoms with Gasteiger partial charge in [-0.25, -0.2) is 4.98 Å².